The molecule has 1 aliphatic carbocycles. The van der Waals surface area contributed by atoms with E-state index in [0.717, 1.165) is 31.2 Å². The molecule has 1 aliphatic heterocycles. The molecule has 1 atom stereocenters. The summed E-state index contributed by atoms with van der Waals surface area (Å²) in [5.74, 6) is -0.480. The first-order valence-corrected chi connectivity index (χ1v) is 15.0. The van der Waals surface area contributed by atoms with Crippen molar-refractivity contribution in [1.82, 2.24) is 20.4 Å². The number of rotatable bonds is 11. The molecule has 1 saturated carbocycles. The van der Waals surface area contributed by atoms with Crippen LogP contribution in [-0.4, -0.2) is 77.7 Å². The maximum Gasteiger partial charge on any atom is 0.407 e. The molecule has 228 valence electrons. The molecule has 10 heteroatoms. The van der Waals surface area contributed by atoms with Gasteiger partial charge in [0, 0.05) is 37.5 Å². The molecule has 0 aromatic heterocycles. The first-order chi connectivity index (χ1) is 19.5. The maximum atomic E-state index is 13.2. The van der Waals surface area contributed by atoms with Crippen LogP contribution in [0.1, 0.15) is 84.6 Å². The molecule has 2 aliphatic rings. The highest BCUT2D eigenvalue weighted by Gasteiger charge is 2.30. The number of nitrogens with one attached hydrogen (secondary N) is 2. The second-order valence-corrected chi connectivity index (χ2v) is 12.3. The molecule has 0 spiro atoms. The molecule has 0 bridgehead atoms. The third kappa shape index (κ3) is 11.7. The van der Waals surface area contributed by atoms with Crippen LogP contribution in [0.2, 0.25) is 0 Å². The average Bonchev–Trinajstić information content (AvgIpc) is 2.92. The summed E-state index contributed by atoms with van der Waals surface area (Å²) in [5, 5.41) is 5.89. The van der Waals surface area contributed by atoms with Gasteiger partial charge >= 0.3 is 6.09 Å². The van der Waals surface area contributed by atoms with Crippen LogP contribution >= 0.6 is 0 Å². The Morgan fingerprint density at radius 1 is 1.00 bits per heavy atom. The van der Waals surface area contributed by atoms with E-state index in [0.29, 0.717) is 32.5 Å². The molecule has 4 amide bonds. The van der Waals surface area contributed by atoms with Gasteiger partial charge in [-0.3, -0.25) is 14.4 Å². The number of likely N-dealkylation sites (tertiary alicyclic amines) is 1. The predicted octanol–water partition coefficient (Wildman–Crippen LogP) is 3.98. The molecule has 1 saturated heterocycles. The molecule has 2 fully saturated rings. The standard InChI is InChI=1S/C31H48N4O6/c1-23(32-30(39)41-31(2,3)4)19-27(36)35(22-40-21-24-11-7-5-8-12-24)20-28(37)34-17-15-25(16-18-34)29(38)33-26-13-9-6-10-14-26/h5,7-8,11-12,23,25-26H,6,9-10,13-22H2,1-4H3,(H,32,39)(H,33,38). The SMILES string of the molecule is CC(CC(=O)N(COCc1ccccc1)CC(=O)N1CCC(C(=O)NC2CCCCC2)CC1)NC(=O)OC(C)(C)C. The van der Waals surface area contributed by atoms with E-state index in [9.17, 15) is 19.2 Å². The first-order valence-electron chi connectivity index (χ1n) is 15.0. The summed E-state index contributed by atoms with van der Waals surface area (Å²) in [6, 6.07) is 9.38. The lowest BCUT2D eigenvalue weighted by molar-refractivity contribution is -0.147. The fourth-order valence-corrected chi connectivity index (χ4v) is 5.22. The van der Waals surface area contributed by atoms with Gasteiger partial charge in [-0.25, -0.2) is 4.79 Å². The first kappa shape index (κ1) is 32.4. The molecule has 1 unspecified atom stereocenters. The van der Waals surface area contributed by atoms with Crippen LogP contribution in [0.3, 0.4) is 0 Å². The number of hydrogen-bond donors (Lipinski definition) is 2. The van der Waals surface area contributed by atoms with Gasteiger partial charge < -0.3 is 29.9 Å². The molecular formula is C31H48N4O6. The van der Waals surface area contributed by atoms with Gasteiger partial charge in [0.05, 0.1) is 6.61 Å². The number of ether oxygens (including phenoxy) is 2. The largest absolute Gasteiger partial charge is 0.444 e. The second kappa shape index (κ2) is 15.7. The maximum absolute atomic E-state index is 13.2. The van der Waals surface area contributed by atoms with E-state index in [2.05, 4.69) is 10.6 Å². The van der Waals surface area contributed by atoms with Crippen LogP contribution < -0.4 is 10.6 Å². The van der Waals surface area contributed by atoms with Crippen LogP contribution in [0.15, 0.2) is 30.3 Å². The van der Waals surface area contributed by atoms with Gasteiger partial charge in [0.1, 0.15) is 18.9 Å². The van der Waals surface area contributed by atoms with Crippen molar-refractivity contribution in [3.63, 3.8) is 0 Å². The van der Waals surface area contributed by atoms with Crippen molar-refractivity contribution in [2.24, 2.45) is 5.92 Å². The van der Waals surface area contributed by atoms with Crippen molar-refractivity contribution in [2.75, 3.05) is 26.4 Å². The second-order valence-electron chi connectivity index (χ2n) is 12.3. The molecule has 0 radical (unpaired) electrons. The van der Waals surface area contributed by atoms with Crippen molar-refractivity contribution in [1.29, 1.82) is 0 Å². The summed E-state index contributed by atoms with van der Waals surface area (Å²) in [5.41, 5.74) is 0.307. The smallest absolute Gasteiger partial charge is 0.407 e. The van der Waals surface area contributed by atoms with Gasteiger partial charge in [-0.05, 0) is 58.9 Å². The number of carbonyl (C=O) groups excluding carboxylic acids is 4. The Morgan fingerprint density at radius 3 is 2.29 bits per heavy atom. The summed E-state index contributed by atoms with van der Waals surface area (Å²) >= 11 is 0. The van der Waals surface area contributed by atoms with Crippen molar-refractivity contribution < 1.29 is 28.7 Å². The zero-order chi connectivity index (χ0) is 29.8. The average molecular weight is 573 g/mol. The fraction of sp³-hybridized carbons (Fsp3) is 0.677. The summed E-state index contributed by atoms with van der Waals surface area (Å²) in [4.78, 5) is 54.5. The minimum absolute atomic E-state index is 0.00929. The van der Waals surface area contributed by atoms with Crippen molar-refractivity contribution in [3.8, 4) is 0 Å². The minimum Gasteiger partial charge on any atom is -0.444 e. The zero-order valence-electron chi connectivity index (χ0n) is 25.2. The van der Waals surface area contributed by atoms with Crippen molar-refractivity contribution >= 4 is 23.8 Å². The Kier molecular flexibility index (Phi) is 12.4. The molecule has 3 rings (SSSR count). The van der Waals surface area contributed by atoms with Crippen LogP contribution in [-0.2, 0) is 30.5 Å². The lowest BCUT2D eigenvalue weighted by atomic mass is 9.92. The number of hydrogen-bond acceptors (Lipinski definition) is 6. The number of amides is 4. The lowest BCUT2D eigenvalue weighted by Crippen LogP contribution is -2.49. The lowest BCUT2D eigenvalue weighted by Gasteiger charge is -2.34. The Labute approximate surface area is 244 Å². The van der Waals surface area contributed by atoms with E-state index in [1.807, 2.05) is 30.3 Å². The quantitative estimate of drug-likeness (QED) is 0.388. The molecule has 41 heavy (non-hydrogen) atoms. The van der Waals surface area contributed by atoms with E-state index >= 15 is 0 Å². The highest BCUT2D eigenvalue weighted by molar-refractivity contribution is 5.85. The van der Waals surface area contributed by atoms with Gasteiger partial charge in [0.15, 0.2) is 0 Å². The highest BCUT2D eigenvalue weighted by atomic mass is 16.6. The number of nitrogens with zero attached hydrogens (tertiary/aromatic N) is 2. The Bertz CT molecular complexity index is 998. The third-order valence-corrected chi connectivity index (χ3v) is 7.45. The van der Waals surface area contributed by atoms with E-state index in [1.165, 1.54) is 11.3 Å². The van der Waals surface area contributed by atoms with Gasteiger partial charge in [0.25, 0.3) is 0 Å². The van der Waals surface area contributed by atoms with Crippen LogP contribution in [0.25, 0.3) is 0 Å². The summed E-state index contributed by atoms with van der Waals surface area (Å²) in [7, 11) is 0. The van der Waals surface area contributed by atoms with Gasteiger partial charge in [-0.15, -0.1) is 0 Å². The van der Waals surface area contributed by atoms with Gasteiger partial charge in [-0.2, -0.15) is 0 Å². The topological polar surface area (TPSA) is 117 Å². The van der Waals surface area contributed by atoms with Crippen LogP contribution in [0, 0.1) is 5.92 Å². The van der Waals surface area contributed by atoms with Gasteiger partial charge in [-0.1, -0.05) is 49.6 Å². The molecular weight excluding hydrogens is 524 g/mol. The van der Waals surface area contributed by atoms with Crippen LogP contribution in [0.4, 0.5) is 4.79 Å². The van der Waals surface area contributed by atoms with Gasteiger partial charge in [0.2, 0.25) is 17.7 Å². The monoisotopic (exact) mass is 572 g/mol. The summed E-state index contributed by atoms with van der Waals surface area (Å²) in [6.07, 6.45) is 6.27. The van der Waals surface area contributed by atoms with Crippen LogP contribution in [0.5, 0.6) is 0 Å². The van der Waals surface area contributed by atoms with E-state index in [1.54, 1.807) is 32.6 Å². The normalized spacial score (nSPS) is 17.4. The van der Waals surface area contributed by atoms with E-state index < -0.39 is 17.7 Å². The van der Waals surface area contributed by atoms with Crippen molar-refractivity contribution in [2.45, 2.75) is 103 Å². The molecule has 1 aromatic rings. The van der Waals surface area contributed by atoms with E-state index in [4.69, 9.17) is 9.47 Å². The van der Waals surface area contributed by atoms with Crippen molar-refractivity contribution in [3.05, 3.63) is 35.9 Å². The summed E-state index contributed by atoms with van der Waals surface area (Å²) < 4.78 is 11.1. The number of carbonyl (C=O) groups is 4. The Balaban J connectivity index is 1.52. The highest BCUT2D eigenvalue weighted by Crippen LogP contribution is 2.21. The Hall–Kier alpha value is -3.14. The number of piperidine rings is 1. The minimum atomic E-state index is -0.651. The number of benzene rings is 1. The number of alkyl carbamates (subject to hydrolysis) is 1. The molecule has 1 heterocycles. The molecule has 2 N–H and O–H groups in total. The molecule has 10 nitrogen and oxygen atoms in total. The Morgan fingerprint density at radius 2 is 1.66 bits per heavy atom. The van der Waals surface area contributed by atoms with E-state index in [-0.39, 0.29) is 49.4 Å². The molecule has 1 aromatic carbocycles. The fourth-order valence-electron chi connectivity index (χ4n) is 5.22. The zero-order valence-corrected chi connectivity index (χ0v) is 25.2. The predicted molar refractivity (Wildman–Crippen MR) is 156 cm³/mol. The third-order valence-electron chi connectivity index (χ3n) is 7.45. The summed E-state index contributed by atoms with van der Waals surface area (Å²) in [6.45, 7) is 8.09.